The molecule has 9 heteroatoms. The fourth-order valence-corrected chi connectivity index (χ4v) is 3.75. The van der Waals surface area contributed by atoms with Gasteiger partial charge in [0.05, 0.1) is 12.8 Å². The van der Waals surface area contributed by atoms with E-state index in [1.807, 2.05) is 0 Å². The maximum absolute atomic E-state index is 13.2. The molecule has 0 spiro atoms. The minimum Gasteiger partial charge on any atom is -0.495 e. The van der Waals surface area contributed by atoms with Crippen molar-refractivity contribution in [3.05, 3.63) is 68.3 Å². The van der Waals surface area contributed by atoms with E-state index in [1.165, 1.54) is 11.7 Å². The highest BCUT2D eigenvalue weighted by Crippen LogP contribution is 2.28. The lowest BCUT2D eigenvalue weighted by molar-refractivity contribution is -0.116. The number of carbonyl (C=O) groups excluding carboxylic acids is 1. The van der Waals surface area contributed by atoms with Crippen molar-refractivity contribution in [2.45, 2.75) is 26.4 Å². The summed E-state index contributed by atoms with van der Waals surface area (Å²) in [5, 5.41) is 3.72. The van der Waals surface area contributed by atoms with Crippen LogP contribution in [0.2, 0.25) is 5.02 Å². The van der Waals surface area contributed by atoms with Gasteiger partial charge >= 0.3 is 5.69 Å². The first-order valence-corrected chi connectivity index (χ1v) is 9.99. The van der Waals surface area contributed by atoms with Gasteiger partial charge in [-0.3, -0.25) is 18.7 Å². The number of amides is 1. The number of halogens is 1. The van der Waals surface area contributed by atoms with Gasteiger partial charge in [0, 0.05) is 16.5 Å². The zero-order valence-corrected chi connectivity index (χ0v) is 17.9. The predicted octanol–water partition coefficient (Wildman–Crippen LogP) is 3.79. The summed E-state index contributed by atoms with van der Waals surface area (Å²) in [6.07, 6.45) is 0. The van der Waals surface area contributed by atoms with Crippen LogP contribution in [0.4, 0.5) is 5.69 Å². The third-order valence-corrected chi connectivity index (χ3v) is 5.18. The van der Waals surface area contributed by atoms with Gasteiger partial charge in [-0.1, -0.05) is 23.7 Å². The first-order chi connectivity index (χ1) is 14.8. The third kappa shape index (κ3) is 3.59. The fraction of sp³-hybridized carbons (Fsp3) is 0.227. The van der Waals surface area contributed by atoms with Crippen LogP contribution in [0.5, 0.6) is 5.75 Å². The van der Waals surface area contributed by atoms with E-state index < -0.39 is 23.2 Å². The first-order valence-electron chi connectivity index (χ1n) is 9.61. The molecule has 0 aliphatic rings. The fourth-order valence-electron chi connectivity index (χ4n) is 3.58. The zero-order valence-electron chi connectivity index (χ0n) is 17.1. The van der Waals surface area contributed by atoms with E-state index in [2.05, 4.69) is 5.32 Å². The molecule has 0 bridgehead atoms. The molecule has 0 unspecified atom stereocenters. The molecule has 8 nitrogen and oxygen atoms in total. The second kappa shape index (κ2) is 7.96. The summed E-state index contributed by atoms with van der Waals surface area (Å²) in [5.41, 5.74) is 0.0321. The number of hydrogen-bond acceptors (Lipinski definition) is 5. The number of rotatable bonds is 5. The summed E-state index contributed by atoms with van der Waals surface area (Å²) in [5.74, 6) is -0.0561. The minimum atomic E-state index is -0.590. The SMILES string of the molecule is COc1ccc(Cl)cc1NC(=O)Cn1c(=O)n(C(C)C)c(=O)c2oc3ccccc3c21. The molecule has 1 N–H and O–H groups in total. The Morgan fingerprint density at radius 3 is 2.65 bits per heavy atom. The van der Waals surface area contributed by atoms with E-state index in [1.54, 1.807) is 56.3 Å². The van der Waals surface area contributed by atoms with Crippen LogP contribution in [0.3, 0.4) is 0 Å². The van der Waals surface area contributed by atoms with Crippen molar-refractivity contribution < 1.29 is 13.9 Å². The Bertz CT molecular complexity index is 1430. The number of carbonyl (C=O) groups is 1. The highest BCUT2D eigenvalue weighted by Gasteiger charge is 2.22. The Balaban J connectivity index is 1.87. The van der Waals surface area contributed by atoms with Crippen molar-refractivity contribution in [2.75, 3.05) is 12.4 Å². The average Bonchev–Trinajstić information content (AvgIpc) is 3.11. The van der Waals surface area contributed by atoms with Crippen molar-refractivity contribution in [1.82, 2.24) is 9.13 Å². The molecule has 0 aliphatic carbocycles. The number of hydrogen-bond donors (Lipinski definition) is 1. The number of nitrogens with zero attached hydrogens (tertiary/aromatic N) is 2. The predicted molar refractivity (Wildman–Crippen MR) is 119 cm³/mol. The summed E-state index contributed by atoms with van der Waals surface area (Å²) in [6.45, 7) is 3.11. The van der Waals surface area contributed by atoms with Gasteiger partial charge in [-0.05, 0) is 44.2 Å². The molecule has 0 atom stereocenters. The van der Waals surface area contributed by atoms with Crippen LogP contribution in [0, 0.1) is 0 Å². The van der Waals surface area contributed by atoms with E-state index in [4.69, 9.17) is 20.8 Å². The number of ether oxygens (including phenoxy) is 1. The van der Waals surface area contributed by atoms with Gasteiger partial charge < -0.3 is 14.5 Å². The molecule has 0 saturated heterocycles. The Morgan fingerprint density at radius 1 is 1.19 bits per heavy atom. The highest BCUT2D eigenvalue weighted by atomic mass is 35.5. The zero-order chi connectivity index (χ0) is 22.3. The van der Waals surface area contributed by atoms with Crippen LogP contribution >= 0.6 is 11.6 Å². The number of methoxy groups -OCH3 is 1. The maximum atomic E-state index is 13.2. The van der Waals surface area contributed by atoms with Crippen LogP contribution in [-0.4, -0.2) is 22.2 Å². The number of para-hydroxylation sites is 1. The van der Waals surface area contributed by atoms with Gasteiger partial charge in [0.25, 0.3) is 5.56 Å². The lowest BCUT2D eigenvalue weighted by Crippen LogP contribution is -2.42. The van der Waals surface area contributed by atoms with Crippen LogP contribution in [-0.2, 0) is 11.3 Å². The highest BCUT2D eigenvalue weighted by molar-refractivity contribution is 6.31. The molecule has 2 heterocycles. The Kier molecular flexibility index (Phi) is 5.32. The molecular formula is C22H20ClN3O5. The molecule has 0 aliphatic heterocycles. The quantitative estimate of drug-likeness (QED) is 0.508. The summed E-state index contributed by atoms with van der Waals surface area (Å²) >= 11 is 6.03. The molecule has 2 aromatic carbocycles. The van der Waals surface area contributed by atoms with Gasteiger partial charge in [-0.2, -0.15) is 0 Å². The van der Waals surface area contributed by atoms with E-state index in [0.29, 0.717) is 27.4 Å². The summed E-state index contributed by atoms with van der Waals surface area (Å²) in [6, 6.07) is 11.4. The van der Waals surface area contributed by atoms with Crippen molar-refractivity contribution in [3.8, 4) is 5.75 Å². The smallest absolute Gasteiger partial charge is 0.332 e. The van der Waals surface area contributed by atoms with E-state index in [9.17, 15) is 14.4 Å². The van der Waals surface area contributed by atoms with Gasteiger partial charge in [0.2, 0.25) is 11.5 Å². The lowest BCUT2D eigenvalue weighted by Gasteiger charge is -2.15. The first kappa shape index (κ1) is 20.7. The summed E-state index contributed by atoms with van der Waals surface area (Å²) < 4.78 is 13.4. The molecule has 160 valence electrons. The van der Waals surface area contributed by atoms with Gasteiger partial charge in [-0.15, -0.1) is 0 Å². The number of furan rings is 1. The van der Waals surface area contributed by atoms with Crippen LogP contribution in [0.15, 0.2) is 56.5 Å². The number of benzene rings is 2. The van der Waals surface area contributed by atoms with Crippen LogP contribution < -0.4 is 21.3 Å². The van der Waals surface area contributed by atoms with E-state index in [0.717, 1.165) is 4.57 Å². The largest absolute Gasteiger partial charge is 0.495 e. The molecule has 4 aromatic rings. The number of fused-ring (bicyclic) bond motifs is 3. The number of anilines is 1. The topological polar surface area (TPSA) is 95.5 Å². The monoisotopic (exact) mass is 441 g/mol. The van der Waals surface area contributed by atoms with E-state index >= 15 is 0 Å². The third-order valence-electron chi connectivity index (χ3n) is 4.94. The van der Waals surface area contributed by atoms with Crippen molar-refractivity contribution in [1.29, 1.82) is 0 Å². The molecule has 1 amide bonds. The summed E-state index contributed by atoms with van der Waals surface area (Å²) in [7, 11) is 1.48. The molecule has 2 aromatic heterocycles. The molecule has 31 heavy (non-hydrogen) atoms. The van der Waals surface area contributed by atoms with Crippen molar-refractivity contribution >= 4 is 45.3 Å². The van der Waals surface area contributed by atoms with E-state index in [-0.39, 0.29) is 17.6 Å². The van der Waals surface area contributed by atoms with Gasteiger partial charge in [0.1, 0.15) is 23.4 Å². The number of aromatic nitrogens is 2. The molecule has 0 radical (unpaired) electrons. The van der Waals surface area contributed by atoms with Gasteiger partial charge in [-0.25, -0.2) is 4.79 Å². The maximum Gasteiger partial charge on any atom is 0.332 e. The van der Waals surface area contributed by atoms with Crippen LogP contribution in [0.25, 0.3) is 22.1 Å². The molecule has 0 saturated carbocycles. The normalized spacial score (nSPS) is 11.4. The molecular weight excluding hydrogens is 422 g/mol. The molecule has 4 rings (SSSR count). The van der Waals surface area contributed by atoms with Crippen molar-refractivity contribution in [2.24, 2.45) is 0 Å². The second-order valence-corrected chi connectivity index (χ2v) is 7.74. The average molecular weight is 442 g/mol. The Labute approximate surface area is 181 Å². The molecule has 0 fully saturated rings. The Morgan fingerprint density at radius 2 is 1.94 bits per heavy atom. The lowest BCUT2D eigenvalue weighted by atomic mass is 10.2. The van der Waals surface area contributed by atoms with Crippen LogP contribution in [0.1, 0.15) is 19.9 Å². The van der Waals surface area contributed by atoms with Gasteiger partial charge in [0.15, 0.2) is 0 Å². The number of nitrogens with one attached hydrogen (secondary N) is 1. The second-order valence-electron chi connectivity index (χ2n) is 7.31. The minimum absolute atomic E-state index is 0.0302. The van der Waals surface area contributed by atoms with Crippen molar-refractivity contribution in [3.63, 3.8) is 0 Å². The standard InChI is InChI=1S/C22H20ClN3O5/c1-12(2)26-21(28)20-19(14-6-4-5-7-16(14)31-20)25(22(26)29)11-18(27)24-15-10-13(23)8-9-17(15)30-3/h4-10,12H,11H2,1-3H3,(H,24,27). The summed E-state index contributed by atoms with van der Waals surface area (Å²) in [4.78, 5) is 39.0. The Hall–Kier alpha value is -3.52.